The van der Waals surface area contributed by atoms with E-state index in [1.54, 1.807) is 11.1 Å². The molecular weight excluding hydrogens is 978 g/mol. The van der Waals surface area contributed by atoms with Crippen molar-refractivity contribution in [2.24, 2.45) is 0 Å². The molecule has 81 heavy (non-hydrogen) atoms. The molecule has 0 aromatic heterocycles. The second kappa shape index (κ2) is 16.6. The van der Waals surface area contributed by atoms with Crippen molar-refractivity contribution in [3.63, 3.8) is 0 Å². The monoisotopic (exact) mass is 1070 g/mol. The highest BCUT2D eigenvalue weighted by molar-refractivity contribution is 7.00. The van der Waals surface area contributed by atoms with Crippen LogP contribution in [-0.2, 0) is 48.7 Å². The maximum Gasteiger partial charge on any atom is 0.252 e. The maximum atomic E-state index is 2.89. The molecule has 0 amide bonds. The molecule has 0 spiro atoms. The molecule has 1 fully saturated rings. The van der Waals surface area contributed by atoms with Crippen molar-refractivity contribution in [3.8, 4) is 0 Å². The lowest BCUT2D eigenvalue weighted by molar-refractivity contribution is 0.195. The van der Waals surface area contributed by atoms with Gasteiger partial charge in [-0.2, -0.15) is 0 Å². The molecule has 6 aromatic rings. The van der Waals surface area contributed by atoms with Crippen LogP contribution in [0.5, 0.6) is 0 Å². The third kappa shape index (κ3) is 7.37. The van der Waals surface area contributed by atoms with Gasteiger partial charge >= 0.3 is 0 Å². The van der Waals surface area contributed by atoms with Crippen LogP contribution in [0, 0.1) is 6.92 Å². The first-order valence-corrected chi connectivity index (χ1v) is 32.1. The van der Waals surface area contributed by atoms with Gasteiger partial charge in [0.25, 0.3) is 6.71 Å². The van der Waals surface area contributed by atoms with E-state index < -0.39 is 0 Å². The molecule has 0 N–H and O–H groups in total. The molecule has 422 valence electrons. The standard InChI is InChI=1S/C77H96BN3/c1-47-22-27-62-59(38-47)76(18)28-20-21-29-77(76,19)81(62)50-41-65-67-66(42-50)80(49-24-26-52-54(40-49)71(8,9)33-31-69(52,4)5)64-46-58-56(73(12,13)35-37-75(58,16)17)44-61(64)78(67)60-43-55-57(74(14,15)36-34-72(55,10)11)45-63(60)79(65)48-23-25-51-53(39-48)70(6,7)32-30-68(51,2)3/h22-27,38-46H,20-21,28-37H2,1-19H3. The van der Waals surface area contributed by atoms with Crippen LogP contribution in [-0.4, -0.2) is 12.3 Å². The summed E-state index contributed by atoms with van der Waals surface area (Å²) in [5.41, 5.74) is 30.6. The zero-order valence-electron chi connectivity index (χ0n) is 53.6. The number of fused-ring (bicyclic) bond motifs is 11. The highest BCUT2D eigenvalue weighted by Crippen LogP contribution is 2.63. The fraction of sp³-hybridized carbons (Fsp3) is 0.532. The minimum absolute atomic E-state index is 0.00347. The van der Waals surface area contributed by atoms with Crippen molar-refractivity contribution in [1.82, 2.24) is 0 Å². The first kappa shape index (κ1) is 53.8. The molecule has 1 saturated carbocycles. The summed E-state index contributed by atoms with van der Waals surface area (Å²) in [7, 11) is 0. The van der Waals surface area contributed by atoms with Crippen LogP contribution in [0.15, 0.2) is 91.0 Å². The summed E-state index contributed by atoms with van der Waals surface area (Å²) in [6, 6.07) is 39.5. The third-order valence-electron chi connectivity index (χ3n) is 24.7. The maximum absolute atomic E-state index is 2.89. The molecule has 8 aliphatic rings. The predicted octanol–water partition coefficient (Wildman–Crippen LogP) is 19.2. The smallest absolute Gasteiger partial charge is 0.252 e. The van der Waals surface area contributed by atoms with Crippen molar-refractivity contribution in [2.45, 2.75) is 263 Å². The van der Waals surface area contributed by atoms with Gasteiger partial charge in [-0.25, -0.2) is 0 Å². The Morgan fingerprint density at radius 1 is 0.309 bits per heavy atom. The van der Waals surface area contributed by atoms with E-state index in [2.05, 4.69) is 237 Å². The fourth-order valence-corrected chi connectivity index (χ4v) is 18.5. The molecule has 0 saturated heterocycles. The van der Waals surface area contributed by atoms with Gasteiger partial charge in [-0.3, -0.25) is 0 Å². The predicted molar refractivity (Wildman–Crippen MR) is 349 cm³/mol. The Kier molecular flexibility index (Phi) is 11.0. The summed E-state index contributed by atoms with van der Waals surface area (Å²) in [6.07, 6.45) is 14.4. The molecule has 3 nitrogen and oxygen atoms in total. The Morgan fingerprint density at radius 2 is 0.679 bits per heavy atom. The van der Waals surface area contributed by atoms with Crippen LogP contribution in [0.2, 0.25) is 0 Å². The lowest BCUT2D eigenvalue weighted by Crippen LogP contribution is -2.62. The Hall–Kier alpha value is -5.22. The number of hydrogen-bond donors (Lipinski definition) is 0. The van der Waals surface area contributed by atoms with Gasteiger partial charge in [0.2, 0.25) is 0 Å². The van der Waals surface area contributed by atoms with Gasteiger partial charge in [0.15, 0.2) is 0 Å². The average Bonchev–Trinajstić information content (AvgIpc) is 3.33. The largest absolute Gasteiger partial charge is 0.334 e. The molecule has 2 unspecified atom stereocenters. The molecule has 6 aromatic carbocycles. The number of rotatable bonds is 3. The highest BCUT2D eigenvalue weighted by atomic mass is 15.3. The first-order valence-electron chi connectivity index (χ1n) is 32.1. The Balaban J connectivity index is 1.16. The Morgan fingerprint density at radius 3 is 1.10 bits per heavy atom. The van der Waals surface area contributed by atoms with Crippen LogP contribution < -0.4 is 31.1 Å². The van der Waals surface area contributed by atoms with Crippen molar-refractivity contribution in [1.29, 1.82) is 0 Å². The average molecular weight is 1070 g/mol. The second-order valence-electron chi connectivity index (χ2n) is 33.6. The van der Waals surface area contributed by atoms with E-state index in [4.69, 9.17) is 0 Å². The van der Waals surface area contributed by atoms with Crippen molar-refractivity contribution >= 4 is 68.6 Å². The highest BCUT2D eigenvalue weighted by Gasteiger charge is 2.59. The number of benzene rings is 6. The molecule has 5 aliphatic carbocycles. The molecular formula is C77H96BN3. The van der Waals surface area contributed by atoms with Gasteiger partial charge < -0.3 is 14.7 Å². The fourth-order valence-electron chi connectivity index (χ4n) is 18.5. The number of hydrogen-bond acceptors (Lipinski definition) is 3. The lowest BCUT2D eigenvalue weighted by Gasteiger charge is -2.52. The van der Waals surface area contributed by atoms with Gasteiger partial charge in [-0.05, 0) is 242 Å². The number of anilines is 8. The van der Waals surface area contributed by atoms with Gasteiger partial charge in [-0.1, -0.05) is 173 Å². The summed E-state index contributed by atoms with van der Waals surface area (Å²) in [4.78, 5) is 8.54. The SMILES string of the molecule is Cc1ccc2c(c1)C1(C)CCCCC1(C)N2c1cc2c3c(c1)N(c1ccc4c(c1)C(C)(C)CCC4(C)C)c1cc4c(cc1B3c1cc3c(cc1N2c1ccc2c(c1)C(C)(C)CCC2(C)C)C(C)(C)CCC3(C)C)C(C)(C)CCC4(C)C. The van der Waals surface area contributed by atoms with Crippen LogP contribution in [0.1, 0.15) is 257 Å². The van der Waals surface area contributed by atoms with E-state index in [9.17, 15) is 0 Å². The third-order valence-corrected chi connectivity index (χ3v) is 24.7. The molecule has 4 heteroatoms. The summed E-state index contributed by atoms with van der Waals surface area (Å²) < 4.78 is 0. The van der Waals surface area contributed by atoms with Crippen LogP contribution in [0.4, 0.5) is 45.5 Å². The van der Waals surface area contributed by atoms with Gasteiger partial charge in [0, 0.05) is 50.9 Å². The minimum Gasteiger partial charge on any atom is -0.334 e. The van der Waals surface area contributed by atoms with Crippen molar-refractivity contribution in [2.75, 3.05) is 14.7 Å². The topological polar surface area (TPSA) is 9.72 Å². The van der Waals surface area contributed by atoms with Crippen LogP contribution >= 0.6 is 0 Å². The molecule has 0 bridgehead atoms. The minimum atomic E-state index is -0.122. The summed E-state index contributed by atoms with van der Waals surface area (Å²) in [6.45, 7) is 47.9. The van der Waals surface area contributed by atoms with Gasteiger partial charge in [-0.15, -0.1) is 0 Å². The van der Waals surface area contributed by atoms with Crippen LogP contribution in [0.25, 0.3) is 0 Å². The summed E-state index contributed by atoms with van der Waals surface area (Å²) in [5, 5.41) is 0. The van der Waals surface area contributed by atoms with Gasteiger partial charge in [0.1, 0.15) is 0 Å². The van der Waals surface area contributed by atoms with E-state index in [0.29, 0.717) is 0 Å². The van der Waals surface area contributed by atoms with Crippen molar-refractivity contribution < 1.29 is 0 Å². The van der Waals surface area contributed by atoms with E-state index in [1.165, 1.54) is 177 Å². The zero-order valence-corrected chi connectivity index (χ0v) is 53.6. The lowest BCUT2D eigenvalue weighted by atomic mass is 9.32. The number of aryl methyl sites for hydroxylation is 1. The van der Waals surface area contributed by atoms with E-state index in [-0.39, 0.29) is 61.0 Å². The van der Waals surface area contributed by atoms with E-state index in [0.717, 1.165) is 6.42 Å². The quantitative estimate of drug-likeness (QED) is 0.163. The second-order valence-corrected chi connectivity index (χ2v) is 33.6. The molecule has 3 aliphatic heterocycles. The summed E-state index contributed by atoms with van der Waals surface area (Å²) in [5.74, 6) is 0. The van der Waals surface area contributed by atoms with E-state index >= 15 is 0 Å². The van der Waals surface area contributed by atoms with Crippen molar-refractivity contribution in [3.05, 3.63) is 147 Å². The molecule has 2 atom stereocenters. The van der Waals surface area contributed by atoms with E-state index in [1.807, 2.05) is 0 Å². The summed E-state index contributed by atoms with van der Waals surface area (Å²) >= 11 is 0. The normalized spacial score (nSPS) is 26.4. The Labute approximate surface area is 490 Å². The zero-order chi connectivity index (χ0) is 57.5. The first-order chi connectivity index (χ1) is 37.7. The van der Waals surface area contributed by atoms with Gasteiger partial charge in [0.05, 0.1) is 5.54 Å². The molecule has 0 radical (unpaired) electrons. The van der Waals surface area contributed by atoms with Crippen LogP contribution in [0.3, 0.4) is 0 Å². The number of nitrogens with zero attached hydrogens (tertiary/aromatic N) is 3. The Bertz CT molecular complexity index is 3510. The molecule has 14 rings (SSSR count). The molecule has 3 heterocycles.